The second-order valence-corrected chi connectivity index (χ2v) is 5.54. The summed E-state index contributed by atoms with van der Waals surface area (Å²) in [6.45, 7) is 5.78. The number of piperidine rings is 2. The fraction of sp³-hybridized carbons (Fsp3) is 0.923. The lowest BCUT2D eigenvalue weighted by Gasteiger charge is -2.40. The van der Waals surface area contributed by atoms with Gasteiger partial charge < -0.3 is 15.0 Å². The van der Waals surface area contributed by atoms with Gasteiger partial charge in [-0.05, 0) is 38.8 Å². The number of amides is 1. The van der Waals surface area contributed by atoms with Crippen molar-refractivity contribution in [2.75, 3.05) is 33.3 Å². The molecule has 0 unspecified atom stereocenters. The summed E-state index contributed by atoms with van der Waals surface area (Å²) in [5.41, 5.74) is -0.134. The third-order valence-electron chi connectivity index (χ3n) is 4.29. The molecule has 4 heteroatoms. The number of likely N-dealkylation sites (tertiary alicyclic amines) is 1. The van der Waals surface area contributed by atoms with Crippen molar-refractivity contribution in [3.63, 3.8) is 0 Å². The largest absolute Gasteiger partial charge is 0.381 e. The molecule has 0 radical (unpaired) electrons. The van der Waals surface area contributed by atoms with Gasteiger partial charge in [0.25, 0.3) is 0 Å². The number of carbonyl (C=O) groups is 1. The average molecular weight is 240 g/mol. The molecule has 0 atom stereocenters. The molecule has 0 aromatic heterocycles. The van der Waals surface area contributed by atoms with Crippen molar-refractivity contribution in [3.05, 3.63) is 0 Å². The van der Waals surface area contributed by atoms with Crippen LogP contribution >= 0.6 is 0 Å². The number of methoxy groups -OCH3 is 1. The monoisotopic (exact) mass is 240 g/mol. The second kappa shape index (κ2) is 5.36. The first-order chi connectivity index (χ1) is 8.15. The summed E-state index contributed by atoms with van der Waals surface area (Å²) in [5, 5.41) is 3.32. The van der Waals surface area contributed by atoms with Crippen molar-refractivity contribution in [1.29, 1.82) is 0 Å². The Morgan fingerprint density at radius 2 is 1.88 bits per heavy atom. The van der Waals surface area contributed by atoms with E-state index in [1.807, 2.05) is 4.90 Å². The van der Waals surface area contributed by atoms with Crippen LogP contribution in [0.5, 0.6) is 0 Å². The minimum atomic E-state index is -0.134. The molecule has 0 spiro atoms. The fourth-order valence-corrected chi connectivity index (χ4v) is 2.87. The molecule has 0 aromatic rings. The first-order valence-corrected chi connectivity index (χ1v) is 6.68. The van der Waals surface area contributed by atoms with Crippen LogP contribution in [0.25, 0.3) is 0 Å². The molecule has 0 aliphatic carbocycles. The molecule has 2 fully saturated rings. The van der Waals surface area contributed by atoms with E-state index in [1.54, 1.807) is 7.11 Å². The van der Waals surface area contributed by atoms with Gasteiger partial charge in [-0.1, -0.05) is 6.92 Å². The molecule has 1 amide bonds. The maximum atomic E-state index is 12.5. The molecule has 0 aromatic carbocycles. The van der Waals surface area contributed by atoms with E-state index in [9.17, 15) is 4.79 Å². The molecule has 1 N–H and O–H groups in total. The molecule has 2 aliphatic heterocycles. The molecule has 0 saturated carbocycles. The maximum Gasteiger partial charge on any atom is 0.228 e. The van der Waals surface area contributed by atoms with Gasteiger partial charge in [0, 0.05) is 25.6 Å². The zero-order valence-electron chi connectivity index (χ0n) is 11.0. The van der Waals surface area contributed by atoms with Gasteiger partial charge in [0.2, 0.25) is 5.91 Å². The minimum Gasteiger partial charge on any atom is -0.381 e. The van der Waals surface area contributed by atoms with Gasteiger partial charge in [0.15, 0.2) is 0 Å². The number of hydrogen-bond acceptors (Lipinski definition) is 3. The summed E-state index contributed by atoms with van der Waals surface area (Å²) in [6.07, 6.45) is 4.25. The highest BCUT2D eigenvalue weighted by Gasteiger charge is 2.38. The Kier molecular flexibility index (Phi) is 4.05. The van der Waals surface area contributed by atoms with E-state index in [0.717, 1.165) is 51.9 Å². The van der Waals surface area contributed by atoms with Gasteiger partial charge in [0.1, 0.15) is 0 Å². The average Bonchev–Trinajstić information content (AvgIpc) is 2.39. The molecule has 0 bridgehead atoms. The lowest BCUT2D eigenvalue weighted by Crippen LogP contribution is -2.50. The lowest BCUT2D eigenvalue weighted by atomic mass is 9.79. The molecule has 2 rings (SSSR count). The predicted octanol–water partition coefficient (Wildman–Crippen LogP) is 1.01. The molecule has 2 aliphatic rings. The van der Waals surface area contributed by atoms with Crippen LogP contribution in [0.15, 0.2) is 0 Å². The quantitative estimate of drug-likeness (QED) is 0.783. The Labute approximate surface area is 104 Å². The molecule has 2 heterocycles. The first kappa shape index (κ1) is 12.8. The summed E-state index contributed by atoms with van der Waals surface area (Å²) >= 11 is 0. The second-order valence-electron chi connectivity index (χ2n) is 5.54. The highest BCUT2D eigenvalue weighted by Crippen LogP contribution is 2.31. The first-order valence-electron chi connectivity index (χ1n) is 6.68. The van der Waals surface area contributed by atoms with Crippen molar-refractivity contribution in [3.8, 4) is 0 Å². The van der Waals surface area contributed by atoms with Crippen LogP contribution in [0.1, 0.15) is 32.6 Å². The van der Waals surface area contributed by atoms with Crippen molar-refractivity contribution in [2.24, 2.45) is 5.41 Å². The van der Waals surface area contributed by atoms with E-state index < -0.39 is 0 Å². The third-order valence-corrected chi connectivity index (χ3v) is 4.29. The van der Waals surface area contributed by atoms with Crippen molar-refractivity contribution in [2.45, 2.75) is 38.7 Å². The Morgan fingerprint density at radius 3 is 2.41 bits per heavy atom. The van der Waals surface area contributed by atoms with Crippen LogP contribution in [-0.4, -0.2) is 50.2 Å². The molecule has 17 heavy (non-hydrogen) atoms. The van der Waals surface area contributed by atoms with E-state index in [-0.39, 0.29) is 5.41 Å². The zero-order chi connectivity index (χ0) is 12.3. The highest BCUT2D eigenvalue weighted by molar-refractivity contribution is 5.82. The summed E-state index contributed by atoms with van der Waals surface area (Å²) in [6, 6.07) is 0. The number of hydrogen-bond donors (Lipinski definition) is 1. The summed E-state index contributed by atoms with van der Waals surface area (Å²) < 4.78 is 5.34. The van der Waals surface area contributed by atoms with Crippen molar-refractivity contribution < 1.29 is 9.53 Å². The van der Waals surface area contributed by atoms with Crippen LogP contribution in [0, 0.1) is 5.41 Å². The number of carbonyl (C=O) groups excluding carboxylic acids is 1. The van der Waals surface area contributed by atoms with Crippen molar-refractivity contribution >= 4 is 5.91 Å². The summed E-state index contributed by atoms with van der Waals surface area (Å²) in [4.78, 5) is 14.6. The van der Waals surface area contributed by atoms with Gasteiger partial charge in [-0.3, -0.25) is 4.79 Å². The zero-order valence-corrected chi connectivity index (χ0v) is 11.0. The number of nitrogens with zero attached hydrogens (tertiary/aromatic N) is 1. The summed E-state index contributed by atoms with van der Waals surface area (Å²) in [7, 11) is 1.76. The topological polar surface area (TPSA) is 41.6 Å². The molecular weight excluding hydrogens is 216 g/mol. The molecule has 2 saturated heterocycles. The van der Waals surface area contributed by atoms with E-state index in [2.05, 4.69) is 12.2 Å². The van der Waals surface area contributed by atoms with Gasteiger partial charge >= 0.3 is 0 Å². The lowest BCUT2D eigenvalue weighted by molar-refractivity contribution is -0.145. The van der Waals surface area contributed by atoms with E-state index >= 15 is 0 Å². The molecule has 98 valence electrons. The highest BCUT2D eigenvalue weighted by atomic mass is 16.5. The third kappa shape index (κ3) is 2.80. The summed E-state index contributed by atoms with van der Waals surface area (Å²) in [5.74, 6) is 0.355. The maximum absolute atomic E-state index is 12.5. The Bertz CT molecular complexity index is 267. The number of rotatable bonds is 2. The standard InChI is InChI=1S/C13H24N2O2/c1-13(5-7-14-8-6-13)12(16)15-9-3-11(17-2)4-10-15/h11,14H,3-10H2,1-2H3. The molecular formula is C13H24N2O2. The van der Waals surface area contributed by atoms with Gasteiger partial charge in [-0.25, -0.2) is 0 Å². The minimum absolute atomic E-state index is 0.134. The van der Waals surface area contributed by atoms with Gasteiger partial charge in [-0.15, -0.1) is 0 Å². The predicted molar refractivity (Wildman–Crippen MR) is 66.8 cm³/mol. The van der Waals surface area contributed by atoms with E-state index in [0.29, 0.717) is 12.0 Å². The normalized spacial score (nSPS) is 25.9. The Hall–Kier alpha value is -0.610. The van der Waals surface area contributed by atoms with Crippen LogP contribution in [0.3, 0.4) is 0 Å². The van der Waals surface area contributed by atoms with Crippen LogP contribution in [-0.2, 0) is 9.53 Å². The number of ether oxygens (including phenoxy) is 1. The SMILES string of the molecule is COC1CCN(C(=O)C2(C)CCNCC2)CC1. The Balaban J connectivity index is 1.91. The smallest absolute Gasteiger partial charge is 0.228 e. The van der Waals surface area contributed by atoms with E-state index in [4.69, 9.17) is 4.74 Å². The van der Waals surface area contributed by atoms with Crippen molar-refractivity contribution in [1.82, 2.24) is 10.2 Å². The van der Waals surface area contributed by atoms with Crippen LogP contribution < -0.4 is 5.32 Å². The van der Waals surface area contributed by atoms with Crippen LogP contribution in [0.2, 0.25) is 0 Å². The Morgan fingerprint density at radius 1 is 1.29 bits per heavy atom. The van der Waals surface area contributed by atoms with Crippen LogP contribution in [0.4, 0.5) is 0 Å². The fourth-order valence-electron chi connectivity index (χ4n) is 2.87. The van der Waals surface area contributed by atoms with E-state index in [1.165, 1.54) is 0 Å². The molecule has 4 nitrogen and oxygen atoms in total. The van der Waals surface area contributed by atoms with Gasteiger partial charge in [-0.2, -0.15) is 0 Å². The number of nitrogens with one attached hydrogen (secondary N) is 1. The van der Waals surface area contributed by atoms with Gasteiger partial charge in [0.05, 0.1) is 6.10 Å².